The Morgan fingerprint density at radius 3 is 2.28 bits per heavy atom. The van der Waals surface area contributed by atoms with E-state index in [0.717, 1.165) is 0 Å². The van der Waals surface area contributed by atoms with Gasteiger partial charge in [0, 0.05) is 10.6 Å². The Morgan fingerprint density at radius 1 is 0.821 bits per heavy atom. The van der Waals surface area contributed by atoms with Crippen LogP contribution in [0.25, 0.3) is 0 Å². The van der Waals surface area contributed by atoms with Crippen LogP contribution in [0.15, 0.2) is 102 Å². The van der Waals surface area contributed by atoms with Crippen LogP contribution in [-0.2, 0) is 0 Å². The van der Waals surface area contributed by atoms with Crippen LogP contribution in [0.4, 0.5) is 5.69 Å². The lowest BCUT2D eigenvalue weighted by molar-refractivity contribution is 0.0728. The minimum absolute atomic E-state index is 0.232. The number of carbonyl (C=O) groups is 3. The van der Waals surface area contributed by atoms with E-state index in [4.69, 9.17) is 21.1 Å². The molecule has 0 aliphatic heterocycles. The molecule has 4 aromatic rings. The highest BCUT2D eigenvalue weighted by Crippen LogP contribution is 2.29. The summed E-state index contributed by atoms with van der Waals surface area (Å²) < 4.78 is 11.1. The largest absolute Gasteiger partial charge is 0.490 e. The predicted molar refractivity (Wildman–Crippen MR) is 150 cm³/mol. The van der Waals surface area contributed by atoms with Crippen molar-refractivity contribution in [3.63, 3.8) is 0 Å². The molecule has 9 heteroatoms. The van der Waals surface area contributed by atoms with E-state index in [1.165, 1.54) is 6.21 Å². The quantitative estimate of drug-likeness (QED) is 0.117. The van der Waals surface area contributed by atoms with E-state index in [2.05, 4.69) is 15.8 Å². The summed E-state index contributed by atoms with van der Waals surface area (Å²) in [4.78, 5) is 37.9. The van der Waals surface area contributed by atoms with Gasteiger partial charge in [-0.25, -0.2) is 10.2 Å². The van der Waals surface area contributed by atoms with Gasteiger partial charge in [0.15, 0.2) is 11.5 Å². The molecule has 0 spiro atoms. The van der Waals surface area contributed by atoms with Crippen molar-refractivity contribution in [2.75, 3.05) is 11.9 Å². The summed E-state index contributed by atoms with van der Waals surface area (Å²) in [7, 11) is 0. The number of esters is 1. The highest BCUT2D eigenvalue weighted by atomic mass is 35.5. The Hall–Kier alpha value is -4.95. The van der Waals surface area contributed by atoms with E-state index in [0.29, 0.717) is 39.8 Å². The van der Waals surface area contributed by atoms with Crippen LogP contribution in [0.3, 0.4) is 0 Å². The summed E-state index contributed by atoms with van der Waals surface area (Å²) in [5.74, 6) is -0.791. The first-order valence-electron chi connectivity index (χ1n) is 12.0. The molecular formula is C30H24ClN3O5. The van der Waals surface area contributed by atoms with Gasteiger partial charge in [0.25, 0.3) is 11.8 Å². The summed E-state index contributed by atoms with van der Waals surface area (Å²) in [6, 6.07) is 26.5. The molecule has 0 fully saturated rings. The fourth-order valence-corrected chi connectivity index (χ4v) is 3.63. The Kier molecular flexibility index (Phi) is 9.05. The van der Waals surface area contributed by atoms with Gasteiger partial charge in [-0.15, -0.1) is 0 Å². The Morgan fingerprint density at radius 2 is 1.54 bits per heavy atom. The van der Waals surface area contributed by atoms with Crippen molar-refractivity contribution in [2.45, 2.75) is 6.92 Å². The standard InChI is InChI=1S/C30H24ClN3O5/c1-2-38-27-18-20(12-17-26(27)39-30(37)22-8-4-3-5-9-22)19-32-34-29(36)24-10-6-7-11-25(24)33-28(35)21-13-15-23(31)16-14-21/h3-19H,2H2,1H3,(H,33,35)(H,34,36)/b32-19-. The molecule has 0 aliphatic carbocycles. The Balaban J connectivity index is 1.43. The van der Waals surface area contributed by atoms with Crippen LogP contribution in [0.2, 0.25) is 5.02 Å². The van der Waals surface area contributed by atoms with Crippen LogP contribution >= 0.6 is 11.6 Å². The van der Waals surface area contributed by atoms with Crippen molar-refractivity contribution in [3.05, 3.63) is 124 Å². The molecule has 196 valence electrons. The maximum absolute atomic E-state index is 12.8. The number of nitrogens with zero attached hydrogens (tertiary/aromatic N) is 1. The minimum atomic E-state index is -0.517. The Labute approximate surface area is 230 Å². The molecule has 4 aromatic carbocycles. The SMILES string of the molecule is CCOc1cc(/C=N\NC(=O)c2ccccc2NC(=O)c2ccc(Cl)cc2)ccc1OC(=O)c1ccccc1. The number of hydrazone groups is 1. The van der Waals surface area contributed by atoms with Gasteiger partial charge in [-0.1, -0.05) is 41.9 Å². The lowest BCUT2D eigenvalue weighted by Crippen LogP contribution is -2.21. The summed E-state index contributed by atoms with van der Waals surface area (Å²) in [5.41, 5.74) is 4.44. The molecule has 0 bridgehead atoms. The number of hydrogen-bond acceptors (Lipinski definition) is 6. The van der Waals surface area contributed by atoms with Crippen molar-refractivity contribution >= 4 is 41.3 Å². The topological polar surface area (TPSA) is 106 Å². The maximum Gasteiger partial charge on any atom is 0.343 e. The first kappa shape index (κ1) is 27.1. The number of para-hydroxylation sites is 1. The summed E-state index contributed by atoms with van der Waals surface area (Å²) in [5, 5.41) is 7.28. The van der Waals surface area contributed by atoms with Crippen LogP contribution < -0.4 is 20.2 Å². The summed E-state index contributed by atoms with van der Waals surface area (Å²) >= 11 is 5.89. The monoisotopic (exact) mass is 541 g/mol. The van der Waals surface area contributed by atoms with Gasteiger partial charge in [0.1, 0.15) is 0 Å². The van der Waals surface area contributed by atoms with E-state index in [1.54, 1.807) is 91.0 Å². The number of amides is 2. The minimum Gasteiger partial charge on any atom is -0.490 e. The van der Waals surface area contributed by atoms with Crippen LogP contribution in [0, 0.1) is 0 Å². The second-order valence-corrected chi connectivity index (χ2v) is 8.54. The molecule has 0 atom stereocenters. The summed E-state index contributed by atoms with van der Waals surface area (Å²) in [6.07, 6.45) is 1.43. The third kappa shape index (κ3) is 7.30. The fraction of sp³-hybridized carbons (Fsp3) is 0.0667. The van der Waals surface area contributed by atoms with Crippen LogP contribution in [-0.4, -0.2) is 30.6 Å². The van der Waals surface area contributed by atoms with Crippen molar-refractivity contribution < 1.29 is 23.9 Å². The van der Waals surface area contributed by atoms with E-state index in [9.17, 15) is 14.4 Å². The normalized spacial score (nSPS) is 10.6. The maximum atomic E-state index is 12.8. The molecule has 2 N–H and O–H groups in total. The van der Waals surface area contributed by atoms with Crippen molar-refractivity contribution in [2.24, 2.45) is 5.10 Å². The smallest absolute Gasteiger partial charge is 0.343 e. The van der Waals surface area contributed by atoms with Gasteiger partial charge in [-0.05, 0) is 79.2 Å². The number of ether oxygens (including phenoxy) is 2. The second-order valence-electron chi connectivity index (χ2n) is 8.10. The molecular weight excluding hydrogens is 518 g/mol. The zero-order valence-electron chi connectivity index (χ0n) is 20.9. The number of carbonyl (C=O) groups excluding carboxylic acids is 3. The van der Waals surface area contributed by atoms with Crippen molar-refractivity contribution in [1.29, 1.82) is 0 Å². The molecule has 0 aromatic heterocycles. The highest BCUT2D eigenvalue weighted by Gasteiger charge is 2.15. The number of anilines is 1. The van der Waals surface area contributed by atoms with Crippen LogP contribution in [0.1, 0.15) is 43.6 Å². The summed E-state index contributed by atoms with van der Waals surface area (Å²) in [6.45, 7) is 2.17. The van der Waals surface area contributed by atoms with Crippen molar-refractivity contribution in [1.82, 2.24) is 5.43 Å². The van der Waals surface area contributed by atoms with Crippen LogP contribution in [0.5, 0.6) is 11.5 Å². The van der Waals surface area contributed by atoms with Gasteiger partial charge in [-0.2, -0.15) is 5.10 Å². The highest BCUT2D eigenvalue weighted by molar-refractivity contribution is 6.30. The lowest BCUT2D eigenvalue weighted by atomic mass is 10.1. The zero-order chi connectivity index (χ0) is 27.6. The number of rotatable bonds is 9. The van der Waals surface area contributed by atoms with E-state index in [-0.39, 0.29) is 17.2 Å². The van der Waals surface area contributed by atoms with E-state index in [1.807, 2.05) is 13.0 Å². The lowest BCUT2D eigenvalue weighted by Gasteiger charge is -2.11. The molecule has 2 amide bonds. The number of hydrogen-bond donors (Lipinski definition) is 2. The van der Waals surface area contributed by atoms with Crippen molar-refractivity contribution in [3.8, 4) is 11.5 Å². The number of benzene rings is 4. The molecule has 4 rings (SSSR count). The van der Waals surface area contributed by atoms with Gasteiger partial charge < -0.3 is 14.8 Å². The second kappa shape index (κ2) is 13.0. The van der Waals surface area contributed by atoms with E-state index < -0.39 is 11.9 Å². The molecule has 39 heavy (non-hydrogen) atoms. The predicted octanol–water partition coefficient (Wildman–Crippen LogP) is 5.97. The zero-order valence-corrected chi connectivity index (χ0v) is 21.6. The molecule has 0 heterocycles. The third-order valence-electron chi connectivity index (χ3n) is 5.39. The molecule has 0 radical (unpaired) electrons. The average Bonchev–Trinajstić information content (AvgIpc) is 2.95. The fourth-order valence-electron chi connectivity index (χ4n) is 3.50. The molecule has 8 nitrogen and oxygen atoms in total. The third-order valence-corrected chi connectivity index (χ3v) is 5.64. The molecule has 0 saturated carbocycles. The molecule has 0 aliphatic rings. The molecule has 0 unspecified atom stereocenters. The molecule has 0 saturated heterocycles. The average molecular weight is 542 g/mol. The van der Waals surface area contributed by atoms with Gasteiger partial charge >= 0.3 is 5.97 Å². The number of nitrogens with one attached hydrogen (secondary N) is 2. The van der Waals surface area contributed by atoms with E-state index >= 15 is 0 Å². The van der Waals surface area contributed by atoms with Gasteiger partial charge in [0.2, 0.25) is 0 Å². The number of halogens is 1. The first-order valence-corrected chi connectivity index (χ1v) is 12.4. The Bertz CT molecular complexity index is 1510. The first-order chi connectivity index (χ1) is 18.9. The van der Waals surface area contributed by atoms with Gasteiger partial charge in [0.05, 0.1) is 29.6 Å². The van der Waals surface area contributed by atoms with Gasteiger partial charge in [-0.3, -0.25) is 9.59 Å².